The Kier molecular flexibility index (Phi) is 4.85. The van der Waals surface area contributed by atoms with Gasteiger partial charge in [-0.25, -0.2) is 9.18 Å². The van der Waals surface area contributed by atoms with Gasteiger partial charge in [-0.05, 0) is 46.6 Å². The van der Waals surface area contributed by atoms with E-state index in [0.717, 1.165) is 11.6 Å². The normalized spacial score (nSPS) is 10.5. The van der Waals surface area contributed by atoms with Crippen LogP contribution in [0.25, 0.3) is 0 Å². The van der Waals surface area contributed by atoms with Crippen molar-refractivity contribution in [3.63, 3.8) is 0 Å². The number of benzene rings is 2. The van der Waals surface area contributed by atoms with E-state index in [4.69, 9.17) is 22.1 Å². The molecule has 0 heterocycles. The summed E-state index contributed by atoms with van der Waals surface area (Å²) in [6.45, 7) is 1.95. The van der Waals surface area contributed by atoms with Crippen LogP contribution in [0.2, 0.25) is 5.02 Å². The van der Waals surface area contributed by atoms with Crippen molar-refractivity contribution >= 4 is 39.2 Å². The van der Waals surface area contributed by atoms with Crippen molar-refractivity contribution in [2.24, 2.45) is 0 Å². The van der Waals surface area contributed by atoms with Gasteiger partial charge in [0.15, 0.2) is 0 Å². The Bertz CT molecular complexity index is 706. The first-order valence-electron chi connectivity index (χ1n) is 6.05. The third kappa shape index (κ3) is 3.74. The lowest BCUT2D eigenvalue weighted by molar-refractivity contribution is 0.0472. The third-order valence-corrected chi connectivity index (χ3v) is 3.88. The zero-order chi connectivity index (χ0) is 15.6. The summed E-state index contributed by atoms with van der Waals surface area (Å²) in [5, 5.41) is 0.528. The number of nitrogens with two attached hydrogens (primary N) is 1. The molecule has 0 aliphatic rings. The van der Waals surface area contributed by atoms with E-state index in [1.165, 1.54) is 6.07 Å². The fourth-order valence-corrected chi connectivity index (χ4v) is 2.48. The van der Waals surface area contributed by atoms with Gasteiger partial charge in [0, 0.05) is 15.1 Å². The van der Waals surface area contributed by atoms with Crippen molar-refractivity contribution in [3.8, 4) is 0 Å². The zero-order valence-electron chi connectivity index (χ0n) is 11.1. The molecule has 6 heteroatoms. The molecule has 0 aromatic heterocycles. The van der Waals surface area contributed by atoms with Gasteiger partial charge in [-0.1, -0.05) is 23.7 Å². The van der Waals surface area contributed by atoms with Gasteiger partial charge in [-0.15, -0.1) is 0 Å². The lowest BCUT2D eigenvalue weighted by atomic mass is 10.1. The number of esters is 1. The van der Waals surface area contributed by atoms with Crippen LogP contribution in [0.1, 0.15) is 21.5 Å². The molecule has 0 aliphatic heterocycles. The second-order valence-corrected chi connectivity index (χ2v) is 5.79. The lowest BCUT2D eigenvalue weighted by Crippen LogP contribution is -2.08. The van der Waals surface area contributed by atoms with Crippen molar-refractivity contribution in [2.75, 3.05) is 5.73 Å². The molecule has 110 valence electrons. The predicted octanol–water partition coefficient (Wildman–Crippen LogP) is 4.49. The largest absolute Gasteiger partial charge is 0.457 e. The fourth-order valence-electron chi connectivity index (χ4n) is 1.71. The highest BCUT2D eigenvalue weighted by atomic mass is 79.9. The molecule has 0 saturated carbocycles. The summed E-state index contributed by atoms with van der Waals surface area (Å²) in [5.41, 5.74) is 7.22. The van der Waals surface area contributed by atoms with Crippen LogP contribution in [-0.2, 0) is 11.3 Å². The maximum Gasteiger partial charge on any atom is 0.339 e. The average Bonchev–Trinajstić information content (AvgIpc) is 2.41. The lowest BCUT2D eigenvalue weighted by Gasteiger charge is -2.09. The van der Waals surface area contributed by atoms with E-state index in [9.17, 15) is 9.18 Å². The van der Waals surface area contributed by atoms with Gasteiger partial charge in [-0.2, -0.15) is 0 Å². The molecule has 0 amide bonds. The van der Waals surface area contributed by atoms with E-state index < -0.39 is 11.8 Å². The Hall–Kier alpha value is -1.59. The van der Waals surface area contributed by atoms with Crippen LogP contribution in [0.15, 0.2) is 34.8 Å². The van der Waals surface area contributed by atoms with E-state index >= 15 is 0 Å². The molecule has 21 heavy (non-hydrogen) atoms. The fraction of sp³-hybridized carbons (Fsp3) is 0.133. The molecule has 0 saturated heterocycles. The number of nitrogen functional groups attached to an aromatic ring is 1. The third-order valence-electron chi connectivity index (χ3n) is 2.87. The molecule has 0 atom stereocenters. The molecule has 0 aliphatic carbocycles. The number of rotatable bonds is 3. The Morgan fingerprint density at radius 2 is 2.10 bits per heavy atom. The standard InChI is InChI=1S/C15H12BrClFNO2/c1-8-2-3-9(12(17)4-8)7-21-15(20)10-5-14(19)13(18)6-11(10)16/h2-6H,7,19H2,1H3. The number of ether oxygens (including phenoxy) is 1. The van der Waals surface area contributed by atoms with Crippen molar-refractivity contribution in [1.82, 2.24) is 0 Å². The van der Waals surface area contributed by atoms with Gasteiger partial charge >= 0.3 is 5.97 Å². The first kappa shape index (κ1) is 15.8. The highest BCUT2D eigenvalue weighted by molar-refractivity contribution is 9.10. The van der Waals surface area contributed by atoms with Crippen molar-refractivity contribution in [3.05, 3.63) is 62.3 Å². The minimum Gasteiger partial charge on any atom is -0.457 e. The topological polar surface area (TPSA) is 52.3 Å². The van der Waals surface area contributed by atoms with Crippen LogP contribution < -0.4 is 5.73 Å². The van der Waals surface area contributed by atoms with Crippen molar-refractivity contribution in [2.45, 2.75) is 13.5 Å². The molecule has 3 nitrogen and oxygen atoms in total. The summed E-state index contributed by atoms with van der Waals surface area (Å²) in [4.78, 5) is 12.0. The summed E-state index contributed by atoms with van der Waals surface area (Å²) < 4.78 is 18.7. The summed E-state index contributed by atoms with van der Waals surface area (Å²) in [6.07, 6.45) is 0. The van der Waals surface area contributed by atoms with Crippen molar-refractivity contribution in [1.29, 1.82) is 0 Å². The molecule has 0 radical (unpaired) electrons. The molecule has 2 rings (SSSR count). The van der Waals surface area contributed by atoms with Crippen molar-refractivity contribution < 1.29 is 13.9 Å². The number of hydrogen-bond acceptors (Lipinski definition) is 3. The minimum absolute atomic E-state index is 0.0294. The first-order chi connectivity index (χ1) is 9.88. The maximum atomic E-state index is 13.2. The number of aryl methyl sites for hydroxylation is 1. The van der Waals surface area contributed by atoms with Gasteiger partial charge in [0.25, 0.3) is 0 Å². The van der Waals surface area contributed by atoms with E-state index in [-0.39, 0.29) is 22.3 Å². The maximum absolute atomic E-state index is 13.2. The van der Waals surface area contributed by atoms with Gasteiger partial charge in [0.1, 0.15) is 12.4 Å². The number of anilines is 1. The SMILES string of the molecule is Cc1ccc(COC(=O)c2cc(N)c(F)cc2Br)c(Cl)c1. The Morgan fingerprint density at radius 3 is 2.76 bits per heavy atom. The number of hydrogen-bond donors (Lipinski definition) is 1. The monoisotopic (exact) mass is 371 g/mol. The highest BCUT2D eigenvalue weighted by Gasteiger charge is 2.15. The van der Waals surface area contributed by atoms with Crippen LogP contribution in [0.3, 0.4) is 0 Å². The van der Waals surface area contributed by atoms with E-state index in [0.29, 0.717) is 10.6 Å². The van der Waals surface area contributed by atoms with Crippen LogP contribution in [0.4, 0.5) is 10.1 Å². The molecule has 2 aromatic carbocycles. The molecule has 2 N–H and O–H groups in total. The van der Waals surface area contributed by atoms with E-state index in [2.05, 4.69) is 15.9 Å². The van der Waals surface area contributed by atoms with Gasteiger partial charge in [0.2, 0.25) is 0 Å². The van der Waals surface area contributed by atoms with Gasteiger partial charge in [0.05, 0.1) is 11.3 Å². The van der Waals surface area contributed by atoms with Crippen LogP contribution >= 0.6 is 27.5 Å². The van der Waals surface area contributed by atoms with Crippen LogP contribution in [0.5, 0.6) is 0 Å². The smallest absolute Gasteiger partial charge is 0.339 e. The number of carbonyl (C=O) groups is 1. The van der Waals surface area contributed by atoms with Crippen LogP contribution in [0, 0.1) is 12.7 Å². The summed E-state index contributed by atoms with van der Waals surface area (Å²) >= 11 is 9.18. The number of carbonyl (C=O) groups excluding carboxylic acids is 1. The average molecular weight is 373 g/mol. The van der Waals surface area contributed by atoms with Crippen LogP contribution in [-0.4, -0.2) is 5.97 Å². The molecule has 0 spiro atoms. The highest BCUT2D eigenvalue weighted by Crippen LogP contribution is 2.24. The Labute approximate surface area is 135 Å². The molecule has 0 unspecified atom stereocenters. The first-order valence-corrected chi connectivity index (χ1v) is 7.22. The second-order valence-electron chi connectivity index (χ2n) is 4.52. The Balaban J connectivity index is 2.13. The van der Waals surface area contributed by atoms with E-state index in [1.54, 1.807) is 12.1 Å². The molecular weight excluding hydrogens is 361 g/mol. The quantitative estimate of drug-likeness (QED) is 0.638. The van der Waals surface area contributed by atoms with Gasteiger partial charge in [-0.3, -0.25) is 0 Å². The molecule has 2 aromatic rings. The minimum atomic E-state index is -0.606. The number of halogens is 3. The molecule has 0 fully saturated rings. The molecule has 0 bridgehead atoms. The zero-order valence-corrected chi connectivity index (χ0v) is 13.5. The summed E-state index contributed by atoms with van der Waals surface area (Å²) in [6, 6.07) is 7.82. The summed E-state index contributed by atoms with van der Waals surface area (Å²) in [5.74, 6) is -1.20. The summed E-state index contributed by atoms with van der Waals surface area (Å²) in [7, 11) is 0. The molecular formula is C15H12BrClFNO2. The second kappa shape index (κ2) is 6.45. The van der Waals surface area contributed by atoms with E-state index in [1.807, 2.05) is 13.0 Å². The van der Waals surface area contributed by atoms with Gasteiger partial charge < -0.3 is 10.5 Å². The Morgan fingerprint density at radius 1 is 1.38 bits per heavy atom. The predicted molar refractivity (Wildman–Crippen MR) is 83.8 cm³/mol.